The summed E-state index contributed by atoms with van der Waals surface area (Å²) in [6, 6.07) is 7.39. The second kappa shape index (κ2) is 9.76. The van der Waals surface area contributed by atoms with Gasteiger partial charge in [-0.2, -0.15) is 5.10 Å². The lowest BCUT2D eigenvalue weighted by atomic mass is 9.90. The van der Waals surface area contributed by atoms with Crippen molar-refractivity contribution in [1.29, 1.82) is 0 Å². The molecule has 2 aliphatic heterocycles. The molecule has 7 nitrogen and oxygen atoms in total. The summed E-state index contributed by atoms with van der Waals surface area (Å²) in [6.07, 6.45) is 6.02. The van der Waals surface area contributed by atoms with Gasteiger partial charge in [-0.05, 0) is 58.1 Å². The van der Waals surface area contributed by atoms with E-state index in [9.17, 15) is 9.59 Å². The highest BCUT2D eigenvalue weighted by Gasteiger charge is 2.35. The first-order chi connectivity index (χ1) is 15.5. The third-order valence-electron chi connectivity index (χ3n) is 6.94. The van der Waals surface area contributed by atoms with Gasteiger partial charge in [0.25, 0.3) is 5.91 Å². The van der Waals surface area contributed by atoms with Crippen molar-refractivity contribution >= 4 is 11.8 Å². The molecule has 0 unspecified atom stereocenters. The van der Waals surface area contributed by atoms with Crippen LogP contribution in [0.25, 0.3) is 0 Å². The van der Waals surface area contributed by atoms with Gasteiger partial charge in [-0.25, -0.2) is 0 Å². The van der Waals surface area contributed by atoms with E-state index in [2.05, 4.69) is 10.4 Å². The number of nitrogens with one attached hydrogen (secondary N) is 1. The van der Waals surface area contributed by atoms with Crippen molar-refractivity contribution in [2.24, 2.45) is 7.05 Å². The van der Waals surface area contributed by atoms with Crippen molar-refractivity contribution in [3.8, 4) is 5.75 Å². The maximum atomic E-state index is 13.4. The van der Waals surface area contributed by atoms with Crippen molar-refractivity contribution in [3.05, 3.63) is 46.8 Å². The average molecular weight is 439 g/mol. The molecule has 0 aliphatic carbocycles. The Morgan fingerprint density at radius 2 is 1.97 bits per heavy atom. The van der Waals surface area contributed by atoms with Gasteiger partial charge in [-0.1, -0.05) is 18.6 Å². The van der Waals surface area contributed by atoms with E-state index >= 15 is 0 Å². The van der Waals surface area contributed by atoms with Crippen molar-refractivity contribution in [1.82, 2.24) is 20.0 Å². The highest BCUT2D eigenvalue weighted by molar-refractivity contribution is 5.97. The number of nitrogens with zero attached hydrogens (tertiary/aromatic N) is 3. The third kappa shape index (κ3) is 4.66. The lowest BCUT2D eigenvalue weighted by molar-refractivity contribution is -0.135. The van der Waals surface area contributed by atoms with Gasteiger partial charge < -0.3 is 15.0 Å². The molecule has 1 saturated heterocycles. The Kier molecular flexibility index (Phi) is 6.82. The fourth-order valence-electron chi connectivity index (χ4n) is 5.06. The van der Waals surface area contributed by atoms with Gasteiger partial charge in [-0.15, -0.1) is 0 Å². The van der Waals surface area contributed by atoms with Gasteiger partial charge in [0.05, 0.1) is 30.3 Å². The number of benzene rings is 1. The zero-order chi connectivity index (χ0) is 22.7. The first-order valence-electron chi connectivity index (χ1n) is 11.8. The van der Waals surface area contributed by atoms with E-state index < -0.39 is 0 Å². The molecule has 2 aromatic rings. The number of aromatic nitrogens is 2. The van der Waals surface area contributed by atoms with Crippen LogP contribution in [-0.2, 0) is 18.3 Å². The largest absolute Gasteiger partial charge is 0.493 e. The SMILES string of the molecule is Cc1nn(C)c(C)c1CC(=O)N1CCC[C@@H]2NC(=O)c3ccccc3OCCCCC[C@@H]21. The van der Waals surface area contributed by atoms with E-state index in [1.54, 1.807) is 0 Å². The Morgan fingerprint density at radius 1 is 1.16 bits per heavy atom. The van der Waals surface area contributed by atoms with Crippen LogP contribution in [0.5, 0.6) is 5.75 Å². The van der Waals surface area contributed by atoms with E-state index in [0.29, 0.717) is 24.3 Å². The molecular weight excluding hydrogens is 404 g/mol. The zero-order valence-corrected chi connectivity index (χ0v) is 19.4. The highest BCUT2D eigenvalue weighted by Crippen LogP contribution is 2.27. The van der Waals surface area contributed by atoms with Gasteiger partial charge in [0.1, 0.15) is 5.75 Å². The van der Waals surface area contributed by atoms with E-state index in [-0.39, 0.29) is 23.9 Å². The molecular formula is C25H34N4O3. The summed E-state index contributed by atoms with van der Waals surface area (Å²) in [5.41, 5.74) is 3.53. The Morgan fingerprint density at radius 3 is 2.75 bits per heavy atom. The van der Waals surface area contributed by atoms with Crippen LogP contribution in [0.3, 0.4) is 0 Å². The molecule has 2 amide bonds. The summed E-state index contributed by atoms with van der Waals surface area (Å²) in [5, 5.41) is 7.71. The molecule has 1 fully saturated rings. The van der Waals surface area contributed by atoms with Crippen molar-refractivity contribution in [2.45, 2.75) is 70.9 Å². The molecule has 0 saturated carbocycles. The minimum absolute atomic E-state index is 0.0185. The molecule has 2 atom stereocenters. The van der Waals surface area contributed by atoms with Crippen LogP contribution >= 0.6 is 0 Å². The van der Waals surface area contributed by atoms with Gasteiger partial charge >= 0.3 is 0 Å². The summed E-state index contributed by atoms with van der Waals surface area (Å²) < 4.78 is 7.72. The van der Waals surface area contributed by atoms with Crippen LogP contribution in [0.15, 0.2) is 24.3 Å². The van der Waals surface area contributed by atoms with Crippen LogP contribution in [0.2, 0.25) is 0 Å². The van der Waals surface area contributed by atoms with Gasteiger partial charge in [-0.3, -0.25) is 14.3 Å². The Labute approximate surface area is 190 Å². The maximum Gasteiger partial charge on any atom is 0.255 e. The van der Waals surface area contributed by atoms with Gasteiger partial charge in [0, 0.05) is 30.9 Å². The van der Waals surface area contributed by atoms with Crippen molar-refractivity contribution in [3.63, 3.8) is 0 Å². The lowest BCUT2D eigenvalue weighted by Gasteiger charge is -2.42. The van der Waals surface area contributed by atoms with Gasteiger partial charge in [0.2, 0.25) is 5.91 Å². The fourth-order valence-corrected chi connectivity index (χ4v) is 5.06. The number of amides is 2. The first kappa shape index (κ1) is 22.4. The molecule has 7 heteroatoms. The molecule has 3 heterocycles. The number of hydrogen-bond donors (Lipinski definition) is 1. The van der Waals surface area contributed by atoms with E-state index in [1.807, 2.05) is 54.7 Å². The molecule has 1 aromatic carbocycles. The van der Waals surface area contributed by atoms with Crippen LogP contribution in [0, 0.1) is 13.8 Å². The zero-order valence-electron chi connectivity index (χ0n) is 19.4. The molecule has 32 heavy (non-hydrogen) atoms. The number of piperidine rings is 1. The second-order valence-electron chi connectivity index (χ2n) is 9.02. The quantitative estimate of drug-likeness (QED) is 0.780. The minimum atomic E-state index is -0.121. The number of carbonyl (C=O) groups excluding carboxylic acids is 2. The first-order valence-corrected chi connectivity index (χ1v) is 11.8. The fraction of sp³-hybridized carbons (Fsp3) is 0.560. The summed E-state index contributed by atoms with van der Waals surface area (Å²) in [4.78, 5) is 28.6. The number of carbonyl (C=O) groups is 2. The Bertz CT molecular complexity index is 984. The summed E-state index contributed by atoms with van der Waals surface area (Å²) in [6.45, 7) is 5.32. The second-order valence-corrected chi connectivity index (χ2v) is 9.02. The molecule has 4 rings (SSSR count). The number of likely N-dealkylation sites (tertiary alicyclic amines) is 1. The molecule has 172 valence electrons. The maximum absolute atomic E-state index is 13.4. The van der Waals surface area contributed by atoms with Crippen LogP contribution in [0.1, 0.15) is 65.8 Å². The minimum Gasteiger partial charge on any atom is -0.493 e. The number of fused-ring (bicyclic) bond motifs is 2. The van der Waals surface area contributed by atoms with E-state index in [0.717, 1.165) is 62.0 Å². The van der Waals surface area contributed by atoms with Crippen LogP contribution in [-0.4, -0.2) is 51.7 Å². The predicted octanol–water partition coefficient (Wildman–Crippen LogP) is 3.32. The Balaban J connectivity index is 1.56. The number of hydrogen-bond acceptors (Lipinski definition) is 4. The lowest BCUT2D eigenvalue weighted by Crippen LogP contribution is -2.57. The molecule has 0 bridgehead atoms. The topological polar surface area (TPSA) is 76.5 Å². The highest BCUT2D eigenvalue weighted by atomic mass is 16.5. The third-order valence-corrected chi connectivity index (χ3v) is 6.94. The van der Waals surface area contributed by atoms with Crippen LogP contribution < -0.4 is 10.1 Å². The summed E-state index contributed by atoms with van der Waals surface area (Å²) in [5.74, 6) is 0.641. The number of ether oxygens (including phenoxy) is 1. The molecule has 2 aliphatic rings. The van der Waals surface area contributed by atoms with E-state index in [4.69, 9.17) is 4.74 Å². The average Bonchev–Trinajstić information content (AvgIpc) is 3.02. The predicted molar refractivity (Wildman–Crippen MR) is 123 cm³/mol. The Hall–Kier alpha value is -2.83. The standard InChI is InChI=1S/C25H34N4O3/c1-17-20(18(2)28(3)27-17)16-24(30)29-14-9-11-21-22(29)12-5-4-8-15-32-23-13-7-6-10-19(23)25(31)26-21/h6-7,10,13,21-22H,4-5,8-9,11-12,14-16H2,1-3H3,(H,26,31)/t21-,22-/m0/s1. The van der Waals surface area contributed by atoms with Crippen LogP contribution in [0.4, 0.5) is 0 Å². The monoisotopic (exact) mass is 438 g/mol. The van der Waals surface area contributed by atoms with Crippen molar-refractivity contribution < 1.29 is 14.3 Å². The van der Waals surface area contributed by atoms with E-state index in [1.165, 1.54) is 0 Å². The number of para-hydroxylation sites is 1. The molecule has 1 aromatic heterocycles. The van der Waals surface area contributed by atoms with Gasteiger partial charge in [0.15, 0.2) is 0 Å². The molecule has 1 N–H and O–H groups in total. The summed E-state index contributed by atoms with van der Waals surface area (Å²) in [7, 11) is 1.91. The summed E-state index contributed by atoms with van der Waals surface area (Å²) >= 11 is 0. The molecule has 0 spiro atoms. The normalized spacial score (nSPS) is 22.0. The number of rotatable bonds is 2. The molecule has 0 radical (unpaired) electrons. The number of aryl methyl sites for hydroxylation is 2. The van der Waals surface area contributed by atoms with Crippen molar-refractivity contribution in [2.75, 3.05) is 13.2 Å². The smallest absolute Gasteiger partial charge is 0.255 e.